The van der Waals surface area contributed by atoms with Crippen molar-refractivity contribution < 1.29 is 0 Å². The summed E-state index contributed by atoms with van der Waals surface area (Å²) in [5.41, 5.74) is 1.16. The van der Waals surface area contributed by atoms with E-state index in [1.807, 2.05) is 0 Å². The van der Waals surface area contributed by atoms with Crippen LogP contribution >= 0.6 is 0 Å². The lowest BCUT2D eigenvalue weighted by Gasteiger charge is -2.28. The maximum atomic E-state index is 4.37. The minimum Gasteiger partial charge on any atom is -0.365 e. The molecule has 4 heteroatoms. The Balaban J connectivity index is 1.71. The van der Waals surface area contributed by atoms with Gasteiger partial charge in [0.25, 0.3) is 0 Å². The Labute approximate surface area is 95.2 Å². The van der Waals surface area contributed by atoms with E-state index in [1.165, 1.54) is 0 Å². The third-order valence-electron chi connectivity index (χ3n) is 3.25. The number of aromatic nitrogens is 2. The smallest absolute Gasteiger partial charge is 0.129 e. The lowest BCUT2D eigenvalue weighted by Crippen LogP contribution is -2.51. The van der Waals surface area contributed by atoms with Gasteiger partial charge in [-0.1, -0.05) is 12.2 Å². The highest BCUT2D eigenvalue weighted by Crippen LogP contribution is 2.28. The largest absolute Gasteiger partial charge is 0.365 e. The first-order valence-corrected chi connectivity index (χ1v) is 5.86. The molecule has 1 aliphatic carbocycles. The standard InChI is InChI=1S/C12H16N4/c1-2-4-9(3-1)11-5-12(15-8-14-11)16-10-6-13-7-10/h1-2,5,8-10,13H,3-4,6-7H2,(H,14,15,16). The summed E-state index contributed by atoms with van der Waals surface area (Å²) in [6.45, 7) is 2.06. The van der Waals surface area contributed by atoms with E-state index in [2.05, 4.69) is 38.8 Å². The van der Waals surface area contributed by atoms with Gasteiger partial charge in [-0.2, -0.15) is 0 Å². The van der Waals surface area contributed by atoms with Crippen molar-refractivity contribution in [1.82, 2.24) is 15.3 Å². The number of rotatable bonds is 3. The SMILES string of the molecule is C1=CCC(c2cc(NC3CNC3)ncn2)C1. The van der Waals surface area contributed by atoms with E-state index in [9.17, 15) is 0 Å². The minimum atomic E-state index is 0.532. The summed E-state index contributed by atoms with van der Waals surface area (Å²) < 4.78 is 0. The second-order valence-electron chi connectivity index (χ2n) is 4.47. The molecule has 84 valence electrons. The Morgan fingerprint density at radius 1 is 1.19 bits per heavy atom. The van der Waals surface area contributed by atoms with Gasteiger partial charge >= 0.3 is 0 Å². The van der Waals surface area contributed by atoms with Gasteiger partial charge in [-0.15, -0.1) is 0 Å². The number of nitrogens with zero attached hydrogens (tertiary/aromatic N) is 2. The number of anilines is 1. The van der Waals surface area contributed by atoms with Crippen LogP contribution in [0.1, 0.15) is 24.5 Å². The summed E-state index contributed by atoms with van der Waals surface area (Å²) in [4.78, 5) is 8.63. The summed E-state index contributed by atoms with van der Waals surface area (Å²) in [5.74, 6) is 1.52. The van der Waals surface area contributed by atoms with Crippen molar-refractivity contribution in [2.24, 2.45) is 0 Å². The topological polar surface area (TPSA) is 49.8 Å². The van der Waals surface area contributed by atoms with Gasteiger partial charge in [-0.3, -0.25) is 0 Å². The zero-order chi connectivity index (χ0) is 10.8. The monoisotopic (exact) mass is 216 g/mol. The first kappa shape index (κ1) is 9.78. The van der Waals surface area contributed by atoms with Crippen molar-refractivity contribution in [3.05, 3.63) is 30.2 Å². The Kier molecular flexibility index (Phi) is 2.58. The van der Waals surface area contributed by atoms with Crippen molar-refractivity contribution in [2.45, 2.75) is 24.8 Å². The van der Waals surface area contributed by atoms with Crippen LogP contribution in [0.25, 0.3) is 0 Å². The van der Waals surface area contributed by atoms with Gasteiger partial charge in [0.2, 0.25) is 0 Å². The van der Waals surface area contributed by atoms with E-state index in [1.54, 1.807) is 6.33 Å². The second kappa shape index (κ2) is 4.22. The Bertz CT molecular complexity index is 390. The zero-order valence-corrected chi connectivity index (χ0v) is 9.19. The molecular formula is C12H16N4. The average molecular weight is 216 g/mol. The van der Waals surface area contributed by atoms with Gasteiger partial charge < -0.3 is 10.6 Å². The highest BCUT2D eigenvalue weighted by molar-refractivity contribution is 5.38. The molecule has 2 heterocycles. The van der Waals surface area contributed by atoms with Crippen LogP contribution in [0.3, 0.4) is 0 Å². The minimum absolute atomic E-state index is 0.532. The fourth-order valence-electron chi connectivity index (χ4n) is 2.13. The van der Waals surface area contributed by atoms with Gasteiger partial charge in [0, 0.05) is 30.8 Å². The molecule has 0 amide bonds. The lowest BCUT2D eigenvalue weighted by atomic mass is 10.0. The van der Waals surface area contributed by atoms with Crippen LogP contribution in [-0.2, 0) is 0 Å². The van der Waals surface area contributed by atoms with Crippen LogP contribution in [0.5, 0.6) is 0 Å². The van der Waals surface area contributed by atoms with Gasteiger partial charge in [0.1, 0.15) is 12.1 Å². The van der Waals surface area contributed by atoms with E-state index < -0.39 is 0 Å². The van der Waals surface area contributed by atoms with E-state index in [0.717, 1.165) is 37.4 Å². The van der Waals surface area contributed by atoms with E-state index >= 15 is 0 Å². The van der Waals surface area contributed by atoms with Crippen LogP contribution in [0.15, 0.2) is 24.5 Å². The van der Waals surface area contributed by atoms with E-state index in [4.69, 9.17) is 0 Å². The van der Waals surface area contributed by atoms with Gasteiger partial charge in [0.15, 0.2) is 0 Å². The highest BCUT2D eigenvalue weighted by atomic mass is 15.1. The summed E-state index contributed by atoms with van der Waals surface area (Å²) in [6.07, 6.45) is 8.36. The maximum Gasteiger partial charge on any atom is 0.129 e. The number of allylic oxidation sites excluding steroid dienone is 2. The fourth-order valence-corrected chi connectivity index (χ4v) is 2.13. The Hall–Kier alpha value is -1.42. The molecule has 0 unspecified atom stereocenters. The predicted octanol–water partition coefficient (Wildman–Crippen LogP) is 1.29. The highest BCUT2D eigenvalue weighted by Gasteiger charge is 2.18. The third kappa shape index (κ3) is 1.93. The summed E-state index contributed by atoms with van der Waals surface area (Å²) >= 11 is 0. The maximum absolute atomic E-state index is 4.37. The molecule has 3 rings (SSSR count). The average Bonchev–Trinajstić information content (AvgIpc) is 2.77. The molecule has 16 heavy (non-hydrogen) atoms. The normalized spacial score (nSPS) is 21.0. The van der Waals surface area contributed by atoms with Crippen molar-refractivity contribution in [3.8, 4) is 0 Å². The molecule has 0 bridgehead atoms. The summed E-state index contributed by atoms with van der Waals surface area (Å²) in [6, 6.07) is 2.63. The summed E-state index contributed by atoms with van der Waals surface area (Å²) in [7, 11) is 0. The molecule has 4 nitrogen and oxygen atoms in total. The van der Waals surface area contributed by atoms with Crippen LogP contribution in [0, 0.1) is 0 Å². The Morgan fingerprint density at radius 2 is 2.00 bits per heavy atom. The number of hydrogen-bond donors (Lipinski definition) is 2. The molecule has 0 atom stereocenters. The Morgan fingerprint density at radius 3 is 2.69 bits per heavy atom. The van der Waals surface area contributed by atoms with Gasteiger partial charge in [-0.05, 0) is 12.8 Å². The molecule has 0 spiro atoms. The summed E-state index contributed by atoms with van der Waals surface area (Å²) in [5, 5.41) is 6.64. The van der Waals surface area contributed by atoms with E-state index in [0.29, 0.717) is 12.0 Å². The van der Waals surface area contributed by atoms with Crippen LogP contribution in [0.2, 0.25) is 0 Å². The third-order valence-corrected chi connectivity index (χ3v) is 3.25. The molecule has 0 radical (unpaired) electrons. The number of nitrogens with one attached hydrogen (secondary N) is 2. The molecule has 2 aliphatic rings. The second-order valence-corrected chi connectivity index (χ2v) is 4.47. The van der Waals surface area contributed by atoms with E-state index in [-0.39, 0.29) is 0 Å². The predicted molar refractivity (Wildman–Crippen MR) is 63.4 cm³/mol. The van der Waals surface area contributed by atoms with Crippen molar-refractivity contribution in [3.63, 3.8) is 0 Å². The molecule has 2 N–H and O–H groups in total. The van der Waals surface area contributed by atoms with Crippen molar-refractivity contribution in [1.29, 1.82) is 0 Å². The fraction of sp³-hybridized carbons (Fsp3) is 0.500. The molecule has 1 saturated heterocycles. The molecule has 0 aromatic carbocycles. The molecule has 1 fully saturated rings. The van der Waals surface area contributed by atoms with Crippen molar-refractivity contribution >= 4 is 5.82 Å². The first-order chi connectivity index (χ1) is 7.92. The van der Waals surface area contributed by atoms with Crippen LogP contribution in [-0.4, -0.2) is 29.1 Å². The molecule has 0 saturated carbocycles. The molecule has 1 aromatic heterocycles. The first-order valence-electron chi connectivity index (χ1n) is 5.86. The van der Waals surface area contributed by atoms with Crippen molar-refractivity contribution in [2.75, 3.05) is 18.4 Å². The zero-order valence-electron chi connectivity index (χ0n) is 9.19. The molecule has 1 aromatic rings. The quantitative estimate of drug-likeness (QED) is 0.748. The molecular weight excluding hydrogens is 200 g/mol. The number of hydrogen-bond acceptors (Lipinski definition) is 4. The van der Waals surface area contributed by atoms with Gasteiger partial charge in [-0.25, -0.2) is 9.97 Å². The molecule has 1 aliphatic heterocycles. The van der Waals surface area contributed by atoms with Crippen LogP contribution < -0.4 is 10.6 Å². The lowest BCUT2D eigenvalue weighted by molar-refractivity contribution is 0.471. The van der Waals surface area contributed by atoms with Gasteiger partial charge in [0.05, 0.1) is 6.04 Å². The van der Waals surface area contributed by atoms with Crippen LogP contribution in [0.4, 0.5) is 5.82 Å².